The van der Waals surface area contributed by atoms with Gasteiger partial charge in [0, 0.05) is 12.3 Å². The molecule has 0 bridgehead atoms. The van der Waals surface area contributed by atoms with Crippen molar-refractivity contribution in [3.05, 3.63) is 83.2 Å². The number of thioether (sulfide) groups is 1. The van der Waals surface area contributed by atoms with Crippen LogP contribution in [0, 0.1) is 13.8 Å². The molecule has 0 spiro atoms. The molecule has 1 amide bonds. The number of ether oxygens (including phenoxy) is 1. The normalized spacial score (nSPS) is 16.8. The van der Waals surface area contributed by atoms with Crippen LogP contribution in [0.15, 0.2) is 65.8 Å². The van der Waals surface area contributed by atoms with Gasteiger partial charge in [-0.1, -0.05) is 72.4 Å². The van der Waals surface area contributed by atoms with Crippen molar-refractivity contribution in [2.45, 2.75) is 57.0 Å². The Balaban J connectivity index is 1.42. The van der Waals surface area contributed by atoms with Gasteiger partial charge < -0.3 is 14.6 Å². The molecule has 0 unspecified atom stereocenters. The summed E-state index contributed by atoms with van der Waals surface area (Å²) in [7, 11) is 0. The average Bonchev–Trinajstić information content (AvgIpc) is 3.42. The van der Waals surface area contributed by atoms with Crippen LogP contribution in [0.3, 0.4) is 0 Å². The molecule has 1 aromatic heterocycles. The first kappa shape index (κ1) is 22.6. The zero-order valence-corrected chi connectivity index (χ0v) is 19.6. The van der Waals surface area contributed by atoms with Crippen LogP contribution >= 0.6 is 11.8 Å². The molecule has 5 nitrogen and oxygen atoms in total. The molecular formula is C26H31N3O2S. The number of carbonyl (C=O) groups is 1. The van der Waals surface area contributed by atoms with Gasteiger partial charge in [-0.15, -0.1) is 0 Å². The maximum Gasteiger partial charge on any atom is 0.230 e. The van der Waals surface area contributed by atoms with Crippen LogP contribution in [0.5, 0.6) is 0 Å². The summed E-state index contributed by atoms with van der Waals surface area (Å²) in [5.41, 5.74) is 4.47. The largest absolute Gasteiger partial charge is 0.376 e. The first-order chi connectivity index (χ1) is 15.6. The summed E-state index contributed by atoms with van der Waals surface area (Å²) < 4.78 is 8.03. The maximum absolute atomic E-state index is 12.9. The fraction of sp³-hybridized carbons (Fsp3) is 0.385. The van der Waals surface area contributed by atoms with Crippen molar-refractivity contribution in [3.8, 4) is 0 Å². The molecule has 0 aliphatic carbocycles. The number of nitrogens with zero attached hydrogens (tertiary/aromatic N) is 2. The Hall–Kier alpha value is -2.57. The molecule has 2 atom stereocenters. The summed E-state index contributed by atoms with van der Waals surface area (Å²) in [6, 6.07) is 20.4. The van der Waals surface area contributed by atoms with Crippen molar-refractivity contribution in [1.29, 1.82) is 0 Å². The summed E-state index contributed by atoms with van der Waals surface area (Å²) in [5.74, 6) is 0.348. The van der Waals surface area contributed by atoms with E-state index < -0.39 is 0 Å². The summed E-state index contributed by atoms with van der Waals surface area (Å²) >= 11 is 1.50. The van der Waals surface area contributed by atoms with Crippen molar-refractivity contribution in [1.82, 2.24) is 14.9 Å². The van der Waals surface area contributed by atoms with Crippen LogP contribution in [-0.4, -0.2) is 33.9 Å². The van der Waals surface area contributed by atoms with E-state index >= 15 is 0 Å². The van der Waals surface area contributed by atoms with E-state index in [9.17, 15) is 4.79 Å². The smallest absolute Gasteiger partial charge is 0.230 e. The maximum atomic E-state index is 12.9. The van der Waals surface area contributed by atoms with Crippen LogP contribution < -0.4 is 5.32 Å². The van der Waals surface area contributed by atoms with Crippen LogP contribution in [-0.2, 0) is 22.5 Å². The van der Waals surface area contributed by atoms with E-state index in [1.165, 1.54) is 17.3 Å². The summed E-state index contributed by atoms with van der Waals surface area (Å²) in [6.07, 6.45) is 3.20. The molecule has 1 fully saturated rings. The second-order valence-electron chi connectivity index (χ2n) is 8.32. The molecule has 0 saturated carbocycles. The van der Waals surface area contributed by atoms with Gasteiger partial charge in [-0.2, -0.15) is 0 Å². The van der Waals surface area contributed by atoms with E-state index in [4.69, 9.17) is 9.72 Å². The zero-order chi connectivity index (χ0) is 22.3. The predicted molar refractivity (Wildman–Crippen MR) is 129 cm³/mol. The minimum atomic E-state index is -0.0678. The van der Waals surface area contributed by atoms with Gasteiger partial charge in [0.2, 0.25) is 5.91 Å². The van der Waals surface area contributed by atoms with E-state index in [-0.39, 0.29) is 18.1 Å². The molecule has 32 heavy (non-hydrogen) atoms. The number of carbonyl (C=O) groups excluding carboxylic acids is 1. The Morgan fingerprint density at radius 1 is 1.16 bits per heavy atom. The molecule has 3 aromatic rings. The molecule has 1 aliphatic rings. The van der Waals surface area contributed by atoms with Gasteiger partial charge in [0.1, 0.15) is 0 Å². The molecule has 2 aromatic carbocycles. The van der Waals surface area contributed by atoms with Crippen molar-refractivity contribution in [2.24, 2.45) is 0 Å². The lowest BCUT2D eigenvalue weighted by atomic mass is 9.99. The number of imidazole rings is 1. The van der Waals surface area contributed by atoms with Crippen molar-refractivity contribution in [2.75, 3.05) is 12.4 Å². The van der Waals surface area contributed by atoms with Gasteiger partial charge in [0.05, 0.1) is 30.1 Å². The molecule has 0 radical (unpaired) electrons. The van der Waals surface area contributed by atoms with Gasteiger partial charge in [0.15, 0.2) is 5.16 Å². The molecule has 1 N–H and O–H groups in total. The van der Waals surface area contributed by atoms with Gasteiger partial charge in [-0.3, -0.25) is 4.79 Å². The lowest BCUT2D eigenvalue weighted by Crippen LogP contribution is -2.31. The first-order valence-electron chi connectivity index (χ1n) is 11.3. The monoisotopic (exact) mass is 449 g/mol. The summed E-state index contributed by atoms with van der Waals surface area (Å²) in [5, 5.41) is 4.14. The van der Waals surface area contributed by atoms with Crippen LogP contribution in [0.1, 0.15) is 41.4 Å². The molecule has 6 heteroatoms. The number of hydrogen-bond acceptors (Lipinski definition) is 4. The van der Waals surface area contributed by atoms with E-state index in [2.05, 4.69) is 41.1 Å². The Morgan fingerprint density at radius 2 is 1.88 bits per heavy atom. The highest BCUT2D eigenvalue weighted by molar-refractivity contribution is 7.99. The number of nitrogens with one attached hydrogen (secondary N) is 1. The van der Waals surface area contributed by atoms with Crippen LogP contribution in [0.25, 0.3) is 0 Å². The van der Waals surface area contributed by atoms with Crippen molar-refractivity contribution < 1.29 is 9.53 Å². The highest BCUT2D eigenvalue weighted by Gasteiger charge is 2.21. The van der Waals surface area contributed by atoms with Gasteiger partial charge in [0.25, 0.3) is 0 Å². The van der Waals surface area contributed by atoms with Crippen LogP contribution in [0.4, 0.5) is 0 Å². The topological polar surface area (TPSA) is 56.2 Å². The third kappa shape index (κ3) is 5.81. The van der Waals surface area contributed by atoms with Gasteiger partial charge in [-0.05, 0) is 44.2 Å². The fourth-order valence-electron chi connectivity index (χ4n) is 4.09. The number of benzene rings is 2. The fourth-order valence-corrected chi connectivity index (χ4v) is 5.01. The highest BCUT2D eigenvalue weighted by atomic mass is 32.2. The zero-order valence-electron chi connectivity index (χ0n) is 18.8. The first-order valence-corrected chi connectivity index (χ1v) is 12.2. The average molecular weight is 450 g/mol. The second kappa shape index (κ2) is 10.8. The number of amides is 1. The highest BCUT2D eigenvalue weighted by Crippen LogP contribution is 2.25. The minimum absolute atomic E-state index is 0.0155. The Kier molecular flexibility index (Phi) is 7.66. The lowest BCUT2D eigenvalue weighted by Gasteiger charge is -2.20. The van der Waals surface area contributed by atoms with E-state index in [0.29, 0.717) is 5.75 Å². The van der Waals surface area contributed by atoms with E-state index in [1.807, 2.05) is 43.3 Å². The predicted octanol–water partition coefficient (Wildman–Crippen LogP) is 4.87. The molecular weight excluding hydrogens is 418 g/mol. The van der Waals surface area contributed by atoms with Crippen LogP contribution in [0.2, 0.25) is 0 Å². The molecule has 2 heterocycles. The van der Waals surface area contributed by atoms with Gasteiger partial charge >= 0.3 is 0 Å². The number of aromatic nitrogens is 2. The number of rotatable bonds is 9. The summed E-state index contributed by atoms with van der Waals surface area (Å²) in [6.45, 7) is 5.76. The molecule has 168 valence electrons. The third-order valence-electron chi connectivity index (χ3n) is 5.99. The molecule has 1 saturated heterocycles. The van der Waals surface area contributed by atoms with Crippen molar-refractivity contribution >= 4 is 17.7 Å². The van der Waals surface area contributed by atoms with E-state index in [0.717, 1.165) is 54.5 Å². The number of aryl methyl sites for hydroxylation is 1. The molecule has 4 rings (SSSR count). The third-order valence-corrected chi connectivity index (χ3v) is 6.96. The molecule has 1 aliphatic heterocycles. The Bertz CT molecular complexity index is 1010. The lowest BCUT2D eigenvalue weighted by molar-refractivity contribution is -0.119. The Labute approximate surface area is 194 Å². The second-order valence-corrected chi connectivity index (χ2v) is 9.26. The number of hydrogen-bond donors (Lipinski definition) is 1. The standard InChI is InChI=1S/C26H31N3O2S/c1-19-20(2)29(17-23-14-9-15-31-23)26(27-19)32-18-25(30)28-24(22-12-7-4-8-13-22)16-21-10-5-3-6-11-21/h3-8,10-13,23-24H,9,14-18H2,1-2H3,(H,28,30)/t23-,24+/m0/s1. The summed E-state index contributed by atoms with van der Waals surface area (Å²) in [4.78, 5) is 17.7. The van der Waals surface area contributed by atoms with Gasteiger partial charge in [-0.25, -0.2) is 4.98 Å². The SMILES string of the molecule is Cc1nc(SCC(=O)N[C@H](Cc2ccccc2)c2ccccc2)n(C[C@@H]2CCCO2)c1C. The minimum Gasteiger partial charge on any atom is -0.376 e. The Morgan fingerprint density at radius 3 is 2.56 bits per heavy atom. The van der Waals surface area contributed by atoms with Crippen molar-refractivity contribution in [3.63, 3.8) is 0 Å². The quantitative estimate of drug-likeness (QED) is 0.474. The van der Waals surface area contributed by atoms with E-state index in [1.54, 1.807) is 0 Å².